The van der Waals surface area contributed by atoms with E-state index in [4.69, 9.17) is 4.74 Å². The number of esters is 2. The Morgan fingerprint density at radius 1 is 1.37 bits per heavy atom. The van der Waals surface area contributed by atoms with Crippen LogP contribution in [-0.4, -0.2) is 37.1 Å². The molecule has 1 fully saturated rings. The summed E-state index contributed by atoms with van der Waals surface area (Å²) < 4.78 is 9.96. The summed E-state index contributed by atoms with van der Waals surface area (Å²) in [4.78, 5) is 35.4. The van der Waals surface area contributed by atoms with Gasteiger partial charge in [-0.1, -0.05) is 0 Å². The third-order valence-electron chi connectivity index (χ3n) is 2.97. The van der Waals surface area contributed by atoms with Crippen molar-refractivity contribution < 1.29 is 23.9 Å². The molecule has 1 N–H and O–H groups in total. The van der Waals surface area contributed by atoms with Gasteiger partial charge in [-0.15, -0.1) is 0 Å². The molecule has 1 aliphatic heterocycles. The fourth-order valence-corrected chi connectivity index (χ4v) is 2.03. The second kappa shape index (κ2) is 5.59. The Balaban J connectivity index is 2.94. The lowest BCUT2D eigenvalue weighted by Crippen LogP contribution is -2.48. The number of hydrogen-bond acceptors (Lipinski definition) is 5. The van der Waals surface area contributed by atoms with Crippen LogP contribution < -0.4 is 5.32 Å². The predicted octanol–water partition coefficient (Wildman–Crippen LogP) is 0.788. The monoisotopic (exact) mass is 271 g/mol. The van der Waals surface area contributed by atoms with Gasteiger partial charge < -0.3 is 14.8 Å². The quantitative estimate of drug-likeness (QED) is 0.767. The number of nitrogens with one attached hydrogen (secondary N) is 1. The number of amides is 1. The van der Waals surface area contributed by atoms with Crippen LogP contribution in [0.3, 0.4) is 0 Å². The van der Waals surface area contributed by atoms with Gasteiger partial charge in [-0.2, -0.15) is 0 Å². The van der Waals surface area contributed by atoms with Crippen molar-refractivity contribution in [2.75, 3.05) is 13.7 Å². The molecule has 1 heterocycles. The molecule has 0 aromatic carbocycles. The van der Waals surface area contributed by atoms with Crippen LogP contribution in [0.5, 0.6) is 0 Å². The zero-order valence-electron chi connectivity index (χ0n) is 11.9. The summed E-state index contributed by atoms with van der Waals surface area (Å²) in [6.45, 7) is 5.61. The highest BCUT2D eigenvalue weighted by Gasteiger charge is 2.47. The average molecular weight is 271 g/mol. The highest BCUT2D eigenvalue weighted by molar-refractivity contribution is 5.90. The second-order valence-corrected chi connectivity index (χ2v) is 5.81. The summed E-state index contributed by atoms with van der Waals surface area (Å²) in [6, 6.07) is 0. The van der Waals surface area contributed by atoms with Crippen molar-refractivity contribution in [2.24, 2.45) is 5.41 Å². The lowest BCUT2D eigenvalue weighted by atomic mass is 9.75. The van der Waals surface area contributed by atoms with E-state index in [2.05, 4.69) is 10.1 Å². The normalized spacial score (nSPS) is 23.5. The van der Waals surface area contributed by atoms with Crippen molar-refractivity contribution >= 4 is 17.8 Å². The fraction of sp³-hybridized carbons (Fsp3) is 0.769. The summed E-state index contributed by atoms with van der Waals surface area (Å²) in [6.07, 6.45) is 0.200. The van der Waals surface area contributed by atoms with E-state index in [0.717, 1.165) is 0 Å². The molecule has 1 unspecified atom stereocenters. The van der Waals surface area contributed by atoms with Crippen LogP contribution in [0, 0.1) is 5.41 Å². The van der Waals surface area contributed by atoms with Gasteiger partial charge in [-0.25, -0.2) is 0 Å². The van der Waals surface area contributed by atoms with E-state index in [0.29, 0.717) is 13.0 Å². The van der Waals surface area contributed by atoms with Crippen LogP contribution >= 0.6 is 0 Å². The van der Waals surface area contributed by atoms with E-state index in [-0.39, 0.29) is 18.7 Å². The van der Waals surface area contributed by atoms with Gasteiger partial charge in [0.25, 0.3) is 0 Å². The van der Waals surface area contributed by atoms with Crippen molar-refractivity contribution in [1.29, 1.82) is 0 Å². The van der Waals surface area contributed by atoms with E-state index in [9.17, 15) is 14.4 Å². The molecule has 1 rings (SSSR count). The molecule has 0 radical (unpaired) electrons. The van der Waals surface area contributed by atoms with Gasteiger partial charge in [0.05, 0.1) is 18.9 Å². The molecule has 0 saturated carbocycles. The van der Waals surface area contributed by atoms with Crippen LogP contribution in [0.15, 0.2) is 0 Å². The van der Waals surface area contributed by atoms with Gasteiger partial charge in [-0.3, -0.25) is 14.4 Å². The highest BCUT2D eigenvalue weighted by Crippen LogP contribution is 2.36. The number of piperidine rings is 1. The summed E-state index contributed by atoms with van der Waals surface area (Å²) in [5.74, 6) is -1.28. The Morgan fingerprint density at radius 2 is 2.00 bits per heavy atom. The average Bonchev–Trinajstić information content (AvgIpc) is 2.26. The first-order valence-corrected chi connectivity index (χ1v) is 6.25. The van der Waals surface area contributed by atoms with E-state index >= 15 is 0 Å². The molecular weight excluding hydrogens is 250 g/mol. The van der Waals surface area contributed by atoms with E-state index in [1.165, 1.54) is 7.11 Å². The molecule has 1 aliphatic rings. The lowest BCUT2D eigenvalue weighted by molar-refractivity contribution is -0.175. The van der Waals surface area contributed by atoms with Gasteiger partial charge in [0.1, 0.15) is 5.60 Å². The minimum absolute atomic E-state index is 0.0446. The van der Waals surface area contributed by atoms with Crippen LogP contribution in [0.4, 0.5) is 0 Å². The Morgan fingerprint density at radius 3 is 2.47 bits per heavy atom. The zero-order chi connectivity index (χ0) is 14.7. The van der Waals surface area contributed by atoms with Crippen LogP contribution in [-0.2, 0) is 23.9 Å². The molecule has 1 atom stereocenters. The number of rotatable bonds is 3. The van der Waals surface area contributed by atoms with Gasteiger partial charge in [0.15, 0.2) is 0 Å². The molecule has 0 aromatic rings. The molecular formula is C13H21NO5. The summed E-state index contributed by atoms with van der Waals surface area (Å²) in [7, 11) is 1.26. The molecule has 108 valence electrons. The molecule has 6 heteroatoms. The maximum absolute atomic E-state index is 12.3. The maximum Gasteiger partial charge on any atom is 0.313 e. The van der Waals surface area contributed by atoms with Crippen LogP contribution in [0.1, 0.15) is 40.0 Å². The summed E-state index contributed by atoms with van der Waals surface area (Å²) in [5.41, 5.74) is -1.77. The molecule has 0 bridgehead atoms. The van der Waals surface area contributed by atoms with Crippen molar-refractivity contribution in [3.8, 4) is 0 Å². The molecule has 0 aliphatic carbocycles. The van der Waals surface area contributed by atoms with E-state index in [1.54, 1.807) is 20.8 Å². The number of hydrogen-bond donors (Lipinski definition) is 1. The molecule has 1 saturated heterocycles. The topological polar surface area (TPSA) is 81.7 Å². The van der Waals surface area contributed by atoms with Crippen LogP contribution in [0.2, 0.25) is 0 Å². The minimum Gasteiger partial charge on any atom is -0.469 e. The maximum atomic E-state index is 12.3. The molecule has 0 aromatic heterocycles. The fourth-order valence-electron chi connectivity index (χ4n) is 2.03. The lowest BCUT2D eigenvalue weighted by Gasteiger charge is -2.36. The third kappa shape index (κ3) is 4.22. The van der Waals surface area contributed by atoms with Crippen molar-refractivity contribution in [1.82, 2.24) is 5.32 Å². The second-order valence-electron chi connectivity index (χ2n) is 5.81. The zero-order valence-corrected chi connectivity index (χ0v) is 11.9. The SMILES string of the molecule is COC(=O)CC1(C(=O)OC(C)(C)C)CCNC(=O)C1. The summed E-state index contributed by atoms with van der Waals surface area (Å²) >= 11 is 0. The van der Waals surface area contributed by atoms with E-state index < -0.39 is 23.0 Å². The Kier molecular flexibility index (Phi) is 4.55. The van der Waals surface area contributed by atoms with Gasteiger partial charge in [0, 0.05) is 13.0 Å². The van der Waals surface area contributed by atoms with Gasteiger partial charge in [-0.05, 0) is 27.2 Å². The first-order valence-electron chi connectivity index (χ1n) is 6.25. The van der Waals surface area contributed by atoms with Gasteiger partial charge in [0.2, 0.25) is 5.91 Å². The molecule has 19 heavy (non-hydrogen) atoms. The first-order chi connectivity index (χ1) is 8.68. The van der Waals surface area contributed by atoms with Gasteiger partial charge >= 0.3 is 11.9 Å². The Hall–Kier alpha value is -1.59. The third-order valence-corrected chi connectivity index (χ3v) is 2.97. The Bertz CT molecular complexity index is 385. The molecule has 6 nitrogen and oxygen atoms in total. The van der Waals surface area contributed by atoms with Crippen molar-refractivity contribution in [2.45, 2.75) is 45.6 Å². The molecule has 1 amide bonds. The van der Waals surface area contributed by atoms with Crippen molar-refractivity contribution in [3.63, 3.8) is 0 Å². The largest absolute Gasteiger partial charge is 0.469 e. The molecule has 0 spiro atoms. The summed E-state index contributed by atoms with van der Waals surface area (Å²) in [5, 5.41) is 2.65. The Labute approximate surface area is 112 Å². The smallest absolute Gasteiger partial charge is 0.313 e. The minimum atomic E-state index is -1.11. The standard InChI is InChI=1S/C13H21NO5/c1-12(2,3)19-11(17)13(8-10(16)18-4)5-6-14-9(15)7-13/h5-8H2,1-4H3,(H,14,15). The number of carbonyl (C=O) groups is 3. The number of methoxy groups -OCH3 is 1. The highest BCUT2D eigenvalue weighted by atomic mass is 16.6. The van der Waals surface area contributed by atoms with E-state index in [1.807, 2.05) is 0 Å². The predicted molar refractivity (Wildman–Crippen MR) is 67.2 cm³/mol. The number of ether oxygens (including phenoxy) is 2. The number of carbonyl (C=O) groups excluding carboxylic acids is 3. The first kappa shape index (κ1) is 15.5. The van der Waals surface area contributed by atoms with Crippen molar-refractivity contribution in [3.05, 3.63) is 0 Å². The van der Waals surface area contributed by atoms with Crippen LogP contribution in [0.25, 0.3) is 0 Å².